The minimum Gasteiger partial charge on any atom is -0.279 e. The van der Waals surface area contributed by atoms with Crippen LogP contribution in [0.2, 0.25) is 0 Å². The molecule has 1 aromatic carbocycles. The van der Waals surface area contributed by atoms with Gasteiger partial charge in [-0.05, 0) is 42.0 Å². The zero-order chi connectivity index (χ0) is 21.7. The van der Waals surface area contributed by atoms with Gasteiger partial charge in [-0.2, -0.15) is 4.98 Å². The quantitative estimate of drug-likeness (QED) is 0.424. The van der Waals surface area contributed by atoms with E-state index >= 15 is 0 Å². The first-order chi connectivity index (χ1) is 15.0. The highest BCUT2D eigenvalue weighted by Crippen LogP contribution is 2.31. The van der Waals surface area contributed by atoms with Gasteiger partial charge in [0.25, 0.3) is 5.56 Å². The van der Waals surface area contributed by atoms with E-state index in [1.807, 2.05) is 17.6 Å². The lowest BCUT2D eigenvalue weighted by Gasteiger charge is -2.09. The largest absolute Gasteiger partial charge is 0.332 e. The van der Waals surface area contributed by atoms with Crippen molar-refractivity contribution in [1.29, 1.82) is 0 Å². The molecule has 158 valence electrons. The van der Waals surface area contributed by atoms with E-state index in [9.17, 15) is 9.59 Å². The molecule has 4 heterocycles. The van der Waals surface area contributed by atoms with Crippen LogP contribution in [0.4, 0.5) is 0 Å². The Bertz CT molecular complexity index is 1520. The summed E-state index contributed by atoms with van der Waals surface area (Å²) in [5.74, 6) is 0.609. The number of hydrogen-bond acceptors (Lipinski definition) is 4. The monoisotopic (exact) mass is 433 g/mol. The SMILES string of the molecule is CCCCc1ccc(-n2c(-c3cccs3)cn3c4c(=O)n(C)c(=O)n(C)c4nc23)cc1. The smallest absolute Gasteiger partial charge is 0.279 e. The van der Waals surface area contributed by atoms with Crippen LogP contribution >= 0.6 is 11.3 Å². The fourth-order valence-corrected chi connectivity index (χ4v) is 4.74. The maximum Gasteiger partial charge on any atom is 0.332 e. The van der Waals surface area contributed by atoms with Crippen molar-refractivity contribution in [3.8, 4) is 16.3 Å². The molecule has 0 aliphatic heterocycles. The summed E-state index contributed by atoms with van der Waals surface area (Å²) in [6.07, 6.45) is 5.32. The normalized spacial score (nSPS) is 11.7. The van der Waals surface area contributed by atoms with E-state index in [2.05, 4.69) is 41.8 Å². The standard InChI is InChI=1S/C23H23N5O2S/c1-4-5-7-15-9-11-16(12-10-15)28-17(18-8-6-13-31-18)14-27-19-20(24-22(27)28)25(2)23(30)26(3)21(19)29/h6,8-14H,4-5,7H2,1-3H3. The maximum atomic E-state index is 12.9. The fourth-order valence-electron chi connectivity index (χ4n) is 4.02. The van der Waals surface area contributed by atoms with Crippen molar-refractivity contribution in [1.82, 2.24) is 23.1 Å². The fraction of sp³-hybridized carbons (Fsp3) is 0.261. The van der Waals surface area contributed by atoms with Gasteiger partial charge in [0, 0.05) is 26.0 Å². The van der Waals surface area contributed by atoms with E-state index in [0.717, 1.165) is 40.1 Å². The van der Waals surface area contributed by atoms with Crippen molar-refractivity contribution in [2.75, 3.05) is 0 Å². The summed E-state index contributed by atoms with van der Waals surface area (Å²) in [7, 11) is 3.14. The highest BCUT2D eigenvalue weighted by molar-refractivity contribution is 7.13. The number of unbranched alkanes of at least 4 members (excludes halogenated alkanes) is 1. The van der Waals surface area contributed by atoms with Crippen LogP contribution in [-0.2, 0) is 20.5 Å². The van der Waals surface area contributed by atoms with Gasteiger partial charge in [0.15, 0.2) is 11.2 Å². The van der Waals surface area contributed by atoms with E-state index in [1.165, 1.54) is 17.2 Å². The number of imidazole rings is 2. The molecule has 0 bridgehead atoms. The lowest BCUT2D eigenvalue weighted by Crippen LogP contribution is -2.37. The number of thiophene rings is 1. The van der Waals surface area contributed by atoms with Crippen molar-refractivity contribution < 1.29 is 0 Å². The van der Waals surface area contributed by atoms with Crippen LogP contribution in [0.1, 0.15) is 25.3 Å². The summed E-state index contributed by atoms with van der Waals surface area (Å²) in [4.78, 5) is 31.2. The second kappa shape index (κ2) is 7.39. The molecule has 0 radical (unpaired) electrons. The Labute approximate surface area is 182 Å². The topological polar surface area (TPSA) is 66.2 Å². The van der Waals surface area contributed by atoms with Gasteiger partial charge in [-0.3, -0.25) is 22.9 Å². The van der Waals surface area contributed by atoms with Crippen LogP contribution in [0.25, 0.3) is 33.2 Å². The van der Waals surface area contributed by atoms with Crippen LogP contribution in [0.3, 0.4) is 0 Å². The molecule has 5 aromatic rings. The Kier molecular flexibility index (Phi) is 4.66. The van der Waals surface area contributed by atoms with Crippen LogP contribution in [0.5, 0.6) is 0 Å². The lowest BCUT2D eigenvalue weighted by atomic mass is 10.1. The molecule has 0 spiro atoms. The van der Waals surface area contributed by atoms with Gasteiger partial charge in [-0.1, -0.05) is 31.5 Å². The van der Waals surface area contributed by atoms with Crippen molar-refractivity contribution in [2.45, 2.75) is 26.2 Å². The van der Waals surface area contributed by atoms with Crippen molar-refractivity contribution >= 4 is 28.3 Å². The Morgan fingerprint density at radius 3 is 2.48 bits per heavy atom. The summed E-state index contributed by atoms with van der Waals surface area (Å²) >= 11 is 1.64. The molecule has 5 rings (SSSR count). The Morgan fingerprint density at radius 2 is 1.81 bits per heavy atom. The van der Waals surface area contributed by atoms with Gasteiger partial charge in [-0.15, -0.1) is 11.3 Å². The maximum absolute atomic E-state index is 12.9. The van der Waals surface area contributed by atoms with Crippen LogP contribution < -0.4 is 11.2 Å². The second-order valence-electron chi connectivity index (χ2n) is 7.76. The van der Waals surface area contributed by atoms with Crippen LogP contribution in [-0.4, -0.2) is 23.1 Å². The first kappa shape index (κ1) is 19.6. The summed E-state index contributed by atoms with van der Waals surface area (Å²) in [6, 6.07) is 12.6. The number of rotatable bonds is 5. The van der Waals surface area contributed by atoms with E-state index < -0.39 is 0 Å². The summed E-state index contributed by atoms with van der Waals surface area (Å²) in [5, 5.41) is 2.03. The molecule has 0 atom stereocenters. The number of fused-ring (bicyclic) bond motifs is 3. The molecule has 0 fully saturated rings. The molecule has 31 heavy (non-hydrogen) atoms. The van der Waals surface area contributed by atoms with E-state index in [1.54, 1.807) is 22.8 Å². The Morgan fingerprint density at radius 1 is 1.03 bits per heavy atom. The van der Waals surface area contributed by atoms with E-state index in [-0.39, 0.29) is 11.2 Å². The Hall–Kier alpha value is -3.39. The summed E-state index contributed by atoms with van der Waals surface area (Å²) in [5.41, 5.74) is 3.27. The number of benzene rings is 1. The third-order valence-corrected chi connectivity index (χ3v) is 6.64. The van der Waals surface area contributed by atoms with Gasteiger partial charge in [0.05, 0.1) is 10.6 Å². The molecule has 0 N–H and O–H groups in total. The highest BCUT2D eigenvalue weighted by atomic mass is 32.1. The minimum atomic E-state index is -0.386. The van der Waals surface area contributed by atoms with Gasteiger partial charge in [0.1, 0.15) is 0 Å². The van der Waals surface area contributed by atoms with Crippen LogP contribution in [0, 0.1) is 0 Å². The van der Waals surface area contributed by atoms with E-state index in [4.69, 9.17) is 4.98 Å². The van der Waals surface area contributed by atoms with Crippen molar-refractivity contribution in [2.24, 2.45) is 14.1 Å². The molecule has 0 amide bonds. The number of aromatic nitrogens is 5. The first-order valence-electron chi connectivity index (χ1n) is 10.3. The average molecular weight is 434 g/mol. The number of aryl methyl sites for hydroxylation is 2. The molecule has 8 heteroatoms. The van der Waals surface area contributed by atoms with Gasteiger partial charge in [-0.25, -0.2) is 4.79 Å². The summed E-state index contributed by atoms with van der Waals surface area (Å²) in [6.45, 7) is 2.19. The predicted molar refractivity (Wildman–Crippen MR) is 124 cm³/mol. The predicted octanol–water partition coefficient (Wildman–Crippen LogP) is 3.75. The zero-order valence-electron chi connectivity index (χ0n) is 17.7. The van der Waals surface area contributed by atoms with Crippen LogP contribution in [0.15, 0.2) is 57.6 Å². The molecule has 0 saturated heterocycles. The third-order valence-electron chi connectivity index (χ3n) is 5.75. The number of nitrogens with zero attached hydrogens (tertiary/aromatic N) is 5. The second-order valence-corrected chi connectivity index (χ2v) is 8.70. The van der Waals surface area contributed by atoms with Gasteiger partial charge in [0.2, 0.25) is 5.78 Å². The summed E-state index contributed by atoms with van der Waals surface area (Å²) < 4.78 is 6.41. The molecule has 0 aliphatic carbocycles. The minimum absolute atomic E-state index is 0.351. The first-order valence-corrected chi connectivity index (χ1v) is 11.2. The Balaban J connectivity index is 1.82. The molecule has 4 aromatic heterocycles. The molecule has 0 aliphatic rings. The average Bonchev–Trinajstić information content (AvgIpc) is 3.50. The molecule has 0 saturated carbocycles. The number of hydrogen-bond donors (Lipinski definition) is 0. The molecule has 7 nitrogen and oxygen atoms in total. The van der Waals surface area contributed by atoms with Crippen molar-refractivity contribution in [3.05, 3.63) is 74.4 Å². The van der Waals surface area contributed by atoms with E-state index in [0.29, 0.717) is 16.9 Å². The van der Waals surface area contributed by atoms with Gasteiger partial charge < -0.3 is 0 Å². The molecular weight excluding hydrogens is 410 g/mol. The molecule has 0 unspecified atom stereocenters. The zero-order valence-corrected chi connectivity index (χ0v) is 18.5. The van der Waals surface area contributed by atoms with Crippen molar-refractivity contribution in [3.63, 3.8) is 0 Å². The van der Waals surface area contributed by atoms with Gasteiger partial charge >= 0.3 is 5.69 Å². The third kappa shape index (κ3) is 2.97. The molecular formula is C23H23N5O2S. The highest BCUT2D eigenvalue weighted by Gasteiger charge is 2.22. The lowest BCUT2D eigenvalue weighted by molar-refractivity contribution is 0.708.